The highest BCUT2D eigenvalue weighted by atomic mass is 16.1. The first-order valence-electron chi connectivity index (χ1n) is 6.39. The van der Waals surface area contributed by atoms with Crippen LogP contribution < -0.4 is 5.73 Å². The Kier molecular flexibility index (Phi) is 5.84. The molecule has 1 aromatic heterocycles. The summed E-state index contributed by atoms with van der Waals surface area (Å²) in [6, 6.07) is 3.61. The van der Waals surface area contributed by atoms with E-state index in [-0.39, 0.29) is 11.8 Å². The van der Waals surface area contributed by atoms with Crippen LogP contribution in [0.2, 0.25) is 0 Å². The van der Waals surface area contributed by atoms with E-state index in [0.29, 0.717) is 6.42 Å². The summed E-state index contributed by atoms with van der Waals surface area (Å²) in [7, 11) is 0. The number of nitrogens with two attached hydrogens (primary N) is 1. The fraction of sp³-hybridized carbons (Fsp3) is 0.571. The first kappa shape index (κ1) is 13.8. The Labute approximate surface area is 103 Å². The lowest BCUT2D eigenvalue weighted by molar-refractivity contribution is -0.119. The van der Waals surface area contributed by atoms with Crippen LogP contribution in [-0.4, -0.2) is 16.8 Å². The zero-order chi connectivity index (χ0) is 12.7. The molecular weight excluding hydrogens is 212 g/mol. The van der Waals surface area contributed by atoms with Gasteiger partial charge in [0.05, 0.1) is 12.5 Å². The number of aryl methyl sites for hydroxylation is 1. The lowest BCUT2D eigenvalue weighted by Crippen LogP contribution is -2.31. The molecule has 0 bridgehead atoms. The van der Waals surface area contributed by atoms with E-state index in [0.717, 1.165) is 31.4 Å². The van der Waals surface area contributed by atoms with Crippen LogP contribution in [0.1, 0.15) is 44.4 Å². The van der Waals surface area contributed by atoms with Crippen LogP contribution in [0.5, 0.6) is 0 Å². The molecule has 1 atom stereocenters. The topological polar surface area (TPSA) is 56.0 Å². The van der Waals surface area contributed by atoms with Gasteiger partial charge in [-0.25, -0.2) is 0 Å². The van der Waals surface area contributed by atoms with E-state index < -0.39 is 0 Å². The van der Waals surface area contributed by atoms with Gasteiger partial charge in [-0.1, -0.05) is 32.8 Å². The van der Waals surface area contributed by atoms with E-state index in [1.54, 1.807) is 0 Å². The van der Waals surface area contributed by atoms with Gasteiger partial charge < -0.3 is 5.73 Å². The van der Waals surface area contributed by atoms with Gasteiger partial charge in [0.2, 0.25) is 0 Å². The first-order chi connectivity index (χ1) is 8.17. The third-order valence-electron chi connectivity index (χ3n) is 2.93. The lowest BCUT2D eigenvalue weighted by Gasteiger charge is -2.09. The molecule has 3 heteroatoms. The Morgan fingerprint density at radius 1 is 1.41 bits per heavy atom. The SMILES string of the molecule is CCCCC(N)C(=O)Cc1ccc(CC)cn1. The molecule has 1 aromatic rings. The third-order valence-corrected chi connectivity index (χ3v) is 2.93. The number of ketones is 1. The molecule has 0 aliphatic rings. The van der Waals surface area contributed by atoms with Gasteiger partial charge >= 0.3 is 0 Å². The maximum atomic E-state index is 11.8. The van der Waals surface area contributed by atoms with Crippen molar-refractivity contribution in [2.45, 2.75) is 52.0 Å². The Hall–Kier alpha value is -1.22. The molecule has 0 saturated carbocycles. The largest absolute Gasteiger partial charge is 0.321 e. The average molecular weight is 234 g/mol. The highest BCUT2D eigenvalue weighted by molar-refractivity contribution is 5.85. The normalized spacial score (nSPS) is 12.4. The van der Waals surface area contributed by atoms with Crippen LogP contribution in [0.3, 0.4) is 0 Å². The van der Waals surface area contributed by atoms with Crippen molar-refractivity contribution in [3.8, 4) is 0 Å². The predicted molar refractivity (Wildman–Crippen MR) is 69.8 cm³/mol. The van der Waals surface area contributed by atoms with Crippen molar-refractivity contribution in [2.75, 3.05) is 0 Å². The van der Waals surface area contributed by atoms with Crippen molar-refractivity contribution in [3.63, 3.8) is 0 Å². The second-order valence-electron chi connectivity index (χ2n) is 4.40. The van der Waals surface area contributed by atoms with Crippen molar-refractivity contribution < 1.29 is 4.79 Å². The third kappa shape index (κ3) is 4.65. The molecule has 0 spiro atoms. The molecule has 0 amide bonds. The van der Waals surface area contributed by atoms with Gasteiger partial charge in [-0.3, -0.25) is 9.78 Å². The summed E-state index contributed by atoms with van der Waals surface area (Å²) in [5.74, 6) is 0.0928. The van der Waals surface area contributed by atoms with Crippen LogP contribution in [0.4, 0.5) is 0 Å². The number of pyridine rings is 1. The second kappa shape index (κ2) is 7.17. The Balaban J connectivity index is 2.49. The summed E-state index contributed by atoms with van der Waals surface area (Å²) >= 11 is 0. The maximum Gasteiger partial charge on any atom is 0.155 e. The lowest BCUT2D eigenvalue weighted by atomic mass is 10.0. The summed E-state index contributed by atoms with van der Waals surface area (Å²) in [6.45, 7) is 4.19. The fourth-order valence-electron chi connectivity index (χ4n) is 1.66. The average Bonchev–Trinajstić information content (AvgIpc) is 2.36. The number of unbranched alkanes of at least 4 members (excludes halogenated alkanes) is 1. The minimum Gasteiger partial charge on any atom is -0.321 e. The highest BCUT2D eigenvalue weighted by Gasteiger charge is 2.13. The highest BCUT2D eigenvalue weighted by Crippen LogP contribution is 2.05. The van der Waals surface area contributed by atoms with E-state index >= 15 is 0 Å². The smallest absolute Gasteiger partial charge is 0.155 e. The molecule has 0 aliphatic heterocycles. The van der Waals surface area contributed by atoms with Crippen LogP contribution in [-0.2, 0) is 17.6 Å². The van der Waals surface area contributed by atoms with Gasteiger partial charge in [0.25, 0.3) is 0 Å². The summed E-state index contributed by atoms with van der Waals surface area (Å²) < 4.78 is 0. The number of carbonyl (C=O) groups excluding carboxylic acids is 1. The molecule has 1 rings (SSSR count). The number of nitrogens with zero attached hydrogens (tertiary/aromatic N) is 1. The molecule has 0 fully saturated rings. The summed E-state index contributed by atoms with van der Waals surface area (Å²) in [4.78, 5) is 16.1. The van der Waals surface area contributed by atoms with Gasteiger partial charge in [-0.2, -0.15) is 0 Å². The number of hydrogen-bond donors (Lipinski definition) is 1. The molecule has 94 valence electrons. The monoisotopic (exact) mass is 234 g/mol. The minimum absolute atomic E-state index is 0.0928. The van der Waals surface area contributed by atoms with Crippen molar-refractivity contribution in [3.05, 3.63) is 29.6 Å². The first-order valence-corrected chi connectivity index (χ1v) is 6.39. The molecule has 0 saturated heterocycles. The van der Waals surface area contributed by atoms with Crippen LogP contribution in [0, 0.1) is 0 Å². The van der Waals surface area contributed by atoms with Crippen molar-refractivity contribution >= 4 is 5.78 Å². The minimum atomic E-state index is -0.331. The number of hydrogen-bond acceptors (Lipinski definition) is 3. The van der Waals surface area contributed by atoms with E-state index in [2.05, 4.69) is 18.8 Å². The molecule has 1 unspecified atom stereocenters. The standard InChI is InChI=1S/C14H22N2O/c1-3-5-6-13(15)14(17)9-12-8-7-11(4-2)10-16-12/h7-8,10,13H,3-6,9,15H2,1-2H3. The molecule has 1 heterocycles. The molecule has 2 N–H and O–H groups in total. The quantitative estimate of drug-likeness (QED) is 0.787. The maximum absolute atomic E-state index is 11.8. The van der Waals surface area contributed by atoms with Gasteiger partial charge in [-0.05, 0) is 24.5 Å². The summed E-state index contributed by atoms with van der Waals surface area (Å²) in [5, 5.41) is 0. The van der Waals surface area contributed by atoms with Gasteiger partial charge in [0.1, 0.15) is 0 Å². The second-order valence-corrected chi connectivity index (χ2v) is 4.40. The van der Waals surface area contributed by atoms with E-state index in [9.17, 15) is 4.79 Å². The van der Waals surface area contributed by atoms with Crippen LogP contribution in [0.25, 0.3) is 0 Å². The molecule has 3 nitrogen and oxygen atoms in total. The fourth-order valence-corrected chi connectivity index (χ4v) is 1.66. The molecule has 0 aliphatic carbocycles. The zero-order valence-corrected chi connectivity index (χ0v) is 10.8. The van der Waals surface area contributed by atoms with Crippen molar-refractivity contribution in [2.24, 2.45) is 5.73 Å². The number of aromatic nitrogens is 1. The summed E-state index contributed by atoms with van der Waals surface area (Å²) in [6.07, 6.45) is 6.02. The zero-order valence-electron chi connectivity index (χ0n) is 10.8. The van der Waals surface area contributed by atoms with Gasteiger partial charge in [0.15, 0.2) is 5.78 Å². The summed E-state index contributed by atoms with van der Waals surface area (Å²) in [5.41, 5.74) is 7.84. The molecular formula is C14H22N2O. The number of carbonyl (C=O) groups is 1. The van der Waals surface area contributed by atoms with Crippen LogP contribution >= 0.6 is 0 Å². The molecule has 0 aromatic carbocycles. The van der Waals surface area contributed by atoms with Gasteiger partial charge in [-0.15, -0.1) is 0 Å². The number of Topliss-reactive ketones (excluding diaryl/α,β-unsaturated/α-hetero) is 1. The Morgan fingerprint density at radius 2 is 2.18 bits per heavy atom. The molecule has 17 heavy (non-hydrogen) atoms. The van der Waals surface area contributed by atoms with Crippen LogP contribution in [0.15, 0.2) is 18.3 Å². The Morgan fingerprint density at radius 3 is 2.71 bits per heavy atom. The Bertz CT molecular complexity index is 346. The van der Waals surface area contributed by atoms with Gasteiger partial charge in [0, 0.05) is 11.9 Å². The predicted octanol–water partition coefficient (Wildman–Crippen LogP) is 2.27. The van der Waals surface area contributed by atoms with E-state index in [1.165, 1.54) is 5.56 Å². The van der Waals surface area contributed by atoms with Crippen molar-refractivity contribution in [1.29, 1.82) is 0 Å². The molecule has 0 radical (unpaired) electrons. The van der Waals surface area contributed by atoms with Crippen molar-refractivity contribution in [1.82, 2.24) is 4.98 Å². The van der Waals surface area contributed by atoms with E-state index in [1.807, 2.05) is 18.3 Å². The number of rotatable bonds is 7. The van der Waals surface area contributed by atoms with E-state index in [4.69, 9.17) is 5.73 Å².